The molecule has 1 saturated heterocycles. The molecule has 1 heterocycles. The molecule has 1 aliphatic rings. The van der Waals surface area contributed by atoms with Crippen LogP contribution in [0.2, 0.25) is 0 Å². The van der Waals surface area contributed by atoms with Gasteiger partial charge in [-0.1, -0.05) is 48.0 Å². The van der Waals surface area contributed by atoms with E-state index in [9.17, 15) is 9.90 Å². The first-order chi connectivity index (χ1) is 13.0. The first kappa shape index (κ1) is 17.5. The second-order valence-corrected chi connectivity index (χ2v) is 7.20. The fourth-order valence-corrected chi connectivity index (χ4v) is 3.69. The topological polar surface area (TPSA) is 73.4 Å². The number of aryl methyl sites for hydroxylation is 2. The first-order valence-electron chi connectivity index (χ1n) is 9.12. The van der Waals surface area contributed by atoms with Crippen LogP contribution in [0.25, 0.3) is 10.8 Å². The van der Waals surface area contributed by atoms with Crippen molar-refractivity contribution in [2.24, 2.45) is 0 Å². The molecule has 3 aromatic carbocycles. The van der Waals surface area contributed by atoms with E-state index in [1.54, 1.807) is 0 Å². The van der Waals surface area contributed by atoms with Crippen LogP contribution in [-0.4, -0.2) is 17.1 Å². The Hall–Kier alpha value is -2.89. The molecule has 4 N–H and O–H groups in total. The highest BCUT2D eigenvalue weighted by atomic mass is 16.3. The summed E-state index contributed by atoms with van der Waals surface area (Å²) in [6.07, 6.45) is 0.565. The molecule has 0 spiro atoms. The standard InChI is InChI=1S/C22H23N3O2/c1-13-9-14(2)21(26)18(10-13)19-12-20(25-24-19)22(27)23-17-8-7-15-5-3-4-6-16(15)11-17/h3-11,19-20,24-26H,12H2,1-2H3,(H,23,27). The molecule has 0 radical (unpaired) electrons. The Morgan fingerprint density at radius 3 is 2.63 bits per heavy atom. The van der Waals surface area contributed by atoms with Crippen molar-refractivity contribution in [1.82, 2.24) is 10.9 Å². The van der Waals surface area contributed by atoms with E-state index in [0.717, 1.165) is 33.2 Å². The maximum Gasteiger partial charge on any atom is 0.242 e. The third-order valence-electron chi connectivity index (χ3n) is 5.09. The number of hydrazine groups is 1. The van der Waals surface area contributed by atoms with Crippen LogP contribution in [0.15, 0.2) is 54.6 Å². The molecule has 1 fully saturated rings. The van der Waals surface area contributed by atoms with Crippen molar-refractivity contribution in [2.75, 3.05) is 5.32 Å². The lowest BCUT2D eigenvalue weighted by Crippen LogP contribution is -2.39. The summed E-state index contributed by atoms with van der Waals surface area (Å²) in [6.45, 7) is 3.89. The zero-order valence-electron chi connectivity index (χ0n) is 15.4. The van der Waals surface area contributed by atoms with Gasteiger partial charge in [0, 0.05) is 11.3 Å². The predicted molar refractivity (Wildman–Crippen MR) is 108 cm³/mol. The predicted octanol–water partition coefficient (Wildman–Crippen LogP) is 3.71. The quantitative estimate of drug-likeness (QED) is 0.574. The molecule has 3 aromatic rings. The van der Waals surface area contributed by atoms with E-state index in [0.29, 0.717) is 6.42 Å². The number of anilines is 1. The lowest BCUT2D eigenvalue weighted by atomic mass is 9.96. The van der Waals surface area contributed by atoms with Gasteiger partial charge in [-0.2, -0.15) is 0 Å². The van der Waals surface area contributed by atoms with Gasteiger partial charge in [-0.15, -0.1) is 0 Å². The molecule has 0 bridgehead atoms. The van der Waals surface area contributed by atoms with Crippen LogP contribution < -0.4 is 16.2 Å². The van der Waals surface area contributed by atoms with Crippen LogP contribution in [0, 0.1) is 13.8 Å². The smallest absolute Gasteiger partial charge is 0.242 e. The molecule has 1 aliphatic heterocycles. The summed E-state index contributed by atoms with van der Waals surface area (Å²) in [5.41, 5.74) is 9.73. The summed E-state index contributed by atoms with van der Waals surface area (Å²) >= 11 is 0. The summed E-state index contributed by atoms with van der Waals surface area (Å²) in [5.74, 6) is 0.194. The number of rotatable bonds is 3. The normalized spacial score (nSPS) is 19.3. The zero-order valence-corrected chi connectivity index (χ0v) is 15.4. The summed E-state index contributed by atoms with van der Waals surface area (Å²) in [5, 5.41) is 15.6. The van der Waals surface area contributed by atoms with Crippen molar-refractivity contribution in [1.29, 1.82) is 0 Å². The molecule has 138 valence electrons. The molecule has 5 nitrogen and oxygen atoms in total. The fraction of sp³-hybridized carbons (Fsp3) is 0.227. The van der Waals surface area contributed by atoms with Gasteiger partial charge in [0.1, 0.15) is 11.8 Å². The number of fused-ring (bicyclic) bond motifs is 1. The Kier molecular flexibility index (Phi) is 4.56. The maximum atomic E-state index is 12.7. The molecule has 2 atom stereocenters. The van der Waals surface area contributed by atoms with E-state index in [2.05, 4.69) is 16.2 Å². The largest absolute Gasteiger partial charge is 0.507 e. The Labute approximate surface area is 158 Å². The molecule has 5 heteroatoms. The van der Waals surface area contributed by atoms with Gasteiger partial charge in [0.15, 0.2) is 0 Å². The molecular weight excluding hydrogens is 338 g/mol. The van der Waals surface area contributed by atoms with Gasteiger partial charge in [0.05, 0.1) is 6.04 Å². The lowest BCUT2D eigenvalue weighted by Gasteiger charge is -2.15. The highest BCUT2D eigenvalue weighted by Gasteiger charge is 2.31. The Morgan fingerprint density at radius 2 is 1.81 bits per heavy atom. The van der Waals surface area contributed by atoms with Gasteiger partial charge in [-0.25, -0.2) is 10.9 Å². The third kappa shape index (κ3) is 3.52. The average Bonchev–Trinajstić information content (AvgIpc) is 3.14. The molecule has 0 aliphatic carbocycles. The summed E-state index contributed by atoms with van der Waals surface area (Å²) in [7, 11) is 0. The highest BCUT2D eigenvalue weighted by molar-refractivity contribution is 5.97. The number of hydrogen-bond acceptors (Lipinski definition) is 4. The number of phenolic OH excluding ortho intramolecular Hbond substituents is 1. The van der Waals surface area contributed by atoms with Crippen LogP contribution in [0.4, 0.5) is 5.69 Å². The number of carbonyl (C=O) groups is 1. The van der Waals surface area contributed by atoms with E-state index < -0.39 is 0 Å². The Morgan fingerprint density at radius 1 is 1.04 bits per heavy atom. The molecule has 4 rings (SSSR count). The van der Waals surface area contributed by atoms with Crippen molar-refractivity contribution in [2.45, 2.75) is 32.4 Å². The van der Waals surface area contributed by atoms with E-state index in [1.165, 1.54) is 0 Å². The molecule has 1 amide bonds. The van der Waals surface area contributed by atoms with E-state index >= 15 is 0 Å². The van der Waals surface area contributed by atoms with Crippen LogP contribution in [0.5, 0.6) is 5.75 Å². The van der Waals surface area contributed by atoms with Gasteiger partial charge in [0.25, 0.3) is 0 Å². The molecule has 0 saturated carbocycles. The minimum Gasteiger partial charge on any atom is -0.507 e. The SMILES string of the molecule is Cc1cc(C)c(O)c(C2CC(C(=O)Nc3ccc4ccccc4c3)NN2)c1. The number of aromatic hydroxyl groups is 1. The Balaban J connectivity index is 1.47. The second-order valence-electron chi connectivity index (χ2n) is 7.20. The van der Waals surface area contributed by atoms with Gasteiger partial charge < -0.3 is 10.4 Å². The fourth-order valence-electron chi connectivity index (χ4n) is 3.69. The average molecular weight is 361 g/mol. The van der Waals surface area contributed by atoms with Gasteiger partial charge in [-0.05, 0) is 48.7 Å². The lowest BCUT2D eigenvalue weighted by molar-refractivity contribution is -0.117. The zero-order chi connectivity index (χ0) is 19.0. The highest BCUT2D eigenvalue weighted by Crippen LogP contribution is 2.33. The van der Waals surface area contributed by atoms with Crippen LogP contribution in [-0.2, 0) is 4.79 Å². The van der Waals surface area contributed by atoms with Gasteiger partial charge in [-0.3, -0.25) is 4.79 Å². The summed E-state index contributed by atoms with van der Waals surface area (Å²) < 4.78 is 0. The van der Waals surface area contributed by atoms with Crippen molar-refractivity contribution in [3.63, 3.8) is 0 Å². The number of nitrogens with one attached hydrogen (secondary N) is 3. The molecule has 2 unspecified atom stereocenters. The number of amides is 1. The van der Waals surface area contributed by atoms with Crippen molar-refractivity contribution in [3.8, 4) is 5.75 Å². The summed E-state index contributed by atoms with van der Waals surface area (Å²) in [6, 6.07) is 17.4. The molecular formula is C22H23N3O2. The van der Waals surface area contributed by atoms with Crippen molar-refractivity contribution in [3.05, 3.63) is 71.3 Å². The monoisotopic (exact) mass is 361 g/mol. The number of phenols is 1. The minimum absolute atomic E-state index is 0.0934. The first-order valence-corrected chi connectivity index (χ1v) is 9.12. The van der Waals surface area contributed by atoms with Crippen molar-refractivity contribution < 1.29 is 9.90 Å². The number of carbonyl (C=O) groups excluding carboxylic acids is 1. The Bertz CT molecular complexity index is 1020. The maximum absolute atomic E-state index is 12.7. The number of benzene rings is 3. The van der Waals surface area contributed by atoms with Crippen LogP contribution >= 0.6 is 0 Å². The molecule has 0 aromatic heterocycles. The third-order valence-corrected chi connectivity index (χ3v) is 5.09. The van der Waals surface area contributed by atoms with Gasteiger partial charge >= 0.3 is 0 Å². The minimum atomic E-state index is -0.373. The number of hydrogen-bond donors (Lipinski definition) is 4. The van der Waals surface area contributed by atoms with Crippen LogP contribution in [0.3, 0.4) is 0 Å². The van der Waals surface area contributed by atoms with E-state index in [4.69, 9.17) is 0 Å². The summed E-state index contributed by atoms with van der Waals surface area (Å²) in [4.78, 5) is 12.7. The van der Waals surface area contributed by atoms with E-state index in [-0.39, 0.29) is 23.7 Å². The molecule has 27 heavy (non-hydrogen) atoms. The van der Waals surface area contributed by atoms with Crippen molar-refractivity contribution >= 4 is 22.4 Å². The van der Waals surface area contributed by atoms with Crippen LogP contribution in [0.1, 0.15) is 29.2 Å². The second kappa shape index (κ2) is 7.02. The van der Waals surface area contributed by atoms with E-state index in [1.807, 2.05) is 68.4 Å². The van der Waals surface area contributed by atoms with Gasteiger partial charge in [0.2, 0.25) is 5.91 Å².